The van der Waals surface area contributed by atoms with Crippen LogP contribution < -0.4 is 10.6 Å². The normalized spacial score (nSPS) is 12.1. The minimum absolute atomic E-state index is 0.00144. The van der Waals surface area contributed by atoms with E-state index in [2.05, 4.69) is 38.3 Å². The van der Waals surface area contributed by atoms with Crippen molar-refractivity contribution in [3.05, 3.63) is 0 Å². The van der Waals surface area contributed by atoms with Crippen LogP contribution in [0.5, 0.6) is 0 Å². The highest BCUT2D eigenvalue weighted by Crippen LogP contribution is 2.15. The molecule has 0 aromatic carbocycles. The second kappa shape index (κ2) is 28.9. The van der Waals surface area contributed by atoms with E-state index >= 15 is 0 Å². The Morgan fingerprint density at radius 3 is 1.20 bits per heavy atom. The summed E-state index contributed by atoms with van der Waals surface area (Å²) in [7, 11) is 0. The number of ketones is 2. The van der Waals surface area contributed by atoms with Crippen molar-refractivity contribution in [3.8, 4) is 0 Å². The van der Waals surface area contributed by atoms with E-state index in [1.54, 1.807) is 0 Å². The molecule has 10 nitrogen and oxygen atoms in total. The van der Waals surface area contributed by atoms with Gasteiger partial charge in [-0.2, -0.15) is 11.8 Å². The third-order valence-corrected chi connectivity index (χ3v) is 7.39. The Morgan fingerprint density at radius 2 is 0.886 bits per heavy atom. The molecule has 1 atom stereocenters. The van der Waals surface area contributed by atoms with Crippen LogP contribution >= 0.6 is 11.8 Å². The van der Waals surface area contributed by atoms with Gasteiger partial charge in [-0.1, -0.05) is 55.4 Å². The lowest BCUT2D eigenvalue weighted by Crippen LogP contribution is -2.41. The van der Waals surface area contributed by atoms with E-state index in [1.807, 2.05) is 53.3 Å². The molecule has 0 aliphatic carbocycles. The van der Waals surface area contributed by atoms with Gasteiger partial charge in [0.1, 0.15) is 11.6 Å². The molecule has 0 saturated carbocycles. The van der Waals surface area contributed by atoms with Crippen molar-refractivity contribution in [3.63, 3.8) is 0 Å². The standard InChI is InChI=1S/C19H37NO4S.C14H27NO4/c1-14(2)17(13-25-16(5)6)20-19(22)8-10-24-12-11-23-9-7-18(21)15(3)4;1-11(2)13(16)5-7-18-9-10-19-8-6-14(17)15-12(3)4/h14-17H,7-13H2,1-6H3,(H,20,22);11-12H,5-10H2,1-4H3,(H,15,17). The summed E-state index contributed by atoms with van der Waals surface area (Å²) >= 11 is 1.87. The summed E-state index contributed by atoms with van der Waals surface area (Å²) in [5.41, 5.74) is 0. The lowest BCUT2D eigenvalue weighted by Gasteiger charge is -2.23. The molecule has 2 amide bonds. The Balaban J connectivity index is 0. The lowest BCUT2D eigenvalue weighted by molar-refractivity contribution is -0.124. The van der Waals surface area contributed by atoms with Gasteiger partial charge in [0.15, 0.2) is 0 Å². The van der Waals surface area contributed by atoms with Crippen molar-refractivity contribution in [2.45, 2.75) is 112 Å². The topological polar surface area (TPSA) is 129 Å². The Kier molecular flexibility index (Phi) is 29.3. The minimum Gasteiger partial charge on any atom is -0.379 e. The molecule has 11 heteroatoms. The number of carbonyl (C=O) groups is 4. The first kappa shape index (κ1) is 44.6. The molecule has 0 aromatic heterocycles. The molecule has 0 aliphatic rings. The Labute approximate surface area is 272 Å². The molecule has 0 spiro atoms. The second-order valence-electron chi connectivity index (χ2n) is 12.2. The fourth-order valence-corrected chi connectivity index (χ4v) is 4.33. The first-order valence-electron chi connectivity index (χ1n) is 16.2. The summed E-state index contributed by atoms with van der Waals surface area (Å²) in [4.78, 5) is 46.0. The maximum absolute atomic E-state index is 12.0. The molecular formula is C33H64N2O8S. The summed E-state index contributed by atoms with van der Waals surface area (Å²) in [5.74, 6) is 1.94. The zero-order valence-corrected chi connectivity index (χ0v) is 30.1. The van der Waals surface area contributed by atoms with E-state index in [4.69, 9.17) is 18.9 Å². The van der Waals surface area contributed by atoms with Gasteiger partial charge < -0.3 is 29.6 Å². The Bertz CT molecular complexity index is 760. The van der Waals surface area contributed by atoms with E-state index in [9.17, 15) is 19.2 Å². The van der Waals surface area contributed by atoms with E-state index in [-0.39, 0.29) is 47.3 Å². The van der Waals surface area contributed by atoms with Gasteiger partial charge in [-0.05, 0) is 25.0 Å². The minimum atomic E-state index is -0.00144. The van der Waals surface area contributed by atoms with Crippen molar-refractivity contribution >= 4 is 35.1 Å². The third-order valence-electron chi connectivity index (χ3n) is 6.17. The number of rotatable bonds is 26. The van der Waals surface area contributed by atoms with Gasteiger partial charge in [-0.15, -0.1) is 0 Å². The Hall–Kier alpha value is -1.53. The first-order chi connectivity index (χ1) is 20.7. The number of ether oxygens (including phenoxy) is 4. The molecule has 1 unspecified atom stereocenters. The van der Waals surface area contributed by atoms with Crippen LogP contribution in [0.4, 0.5) is 0 Å². The van der Waals surface area contributed by atoms with Gasteiger partial charge in [0, 0.05) is 55.4 Å². The summed E-state index contributed by atoms with van der Waals surface area (Å²) in [6.07, 6.45) is 1.63. The van der Waals surface area contributed by atoms with Crippen LogP contribution in [0.25, 0.3) is 0 Å². The van der Waals surface area contributed by atoms with Gasteiger partial charge in [0.2, 0.25) is 11.8 Å². The third kappa shape index (κ3) is 30.5. The fourth-order valence-electron chi connectivity index (χ4n) is 3.27. The zero-order valence-electron chi connectivity index (χ0n) is 29.3. The number of nitrogens with one attached hydrogen (secondary N) is 2. The van der Waals surface area contributed by atoms with Crippen LogP contribution in [0, 0.1) is 17.8 Å². The number of hydrogen-bond donors (Lipinski definition) is 2. The van der Waals surface area contributed by atoms with Gasteiger partial charge in [-0.3, -0.25) is 19.2 Å². The highest BCUT2D eigenvalue weighted by Gasteiger charge is 2.16. The summed E-state index contributed by atoms with van der Waals surface area (Å²) in [6.45, 7) is 23.4. The van der Waals surface area contributed by atoms with Crippen molar-refractivity contribution in [2.24, 2.45) is 17.8 Å². The molecule has 44 heavy (non-hydrogen) atoms. The molecule has 0 saturated heterocycles. The molecule has 0 rings (SSSR count). The Morgan fingerprint density at radius 1 is 0.523 bits per heavy atom. The predicted octanol–water partition coefficient (Wildman–Crippen LogP) is 4.86. The molecular weight excluding hydrogens is 584 g/mol. The van der Waals surface area contributed by atoms with E-state index in [1.165, 1.54) is 0 Å². The summed E-state index contributed by atoms with van der Waals surface area (Å²) in [5, 5.41) is 6.45. The maximum atomic E-state index is 12.0. The number of hydrogen-bond acceptors (Lipinski definition) is 9. The van der Waals surface area contributed by atoms with E-state index in [0.29, 0.717) is 89.7 Å². The lowest BCUT2D eigenvalue weighted by atomic mass is 10.1. The number of carbonyl (C=O) groups excluding carboxylic acids is 4. The molecule has 0 bridgehead atoms. The zero-order chi connectivity index (χ0) is 33.9. The van der Waals surface area contributed by atoms with Crippen LogP contribution in [0.3, 0.4) is 0 Å². The van der Waals surface area contributed by atoms with Crippen LogP contribution in [-0.4, -0.2) is 99.3 Å². The van der Waals surface area contributed by atoms with Gasteiger partial charge in [0.25, 0.3) is 0 Å². The van der Waals surface area contributed by atoms with Crippen molar-refractivity contribution < 1.29 is 38.1 Å². The SMILES string of the molecule is CC(C)NC(=O)CCOCCOCCC(=O)C(C)C.CC(C)SCC(NC(=O)CCOCCOCCC(=O)C(C)C)C(C)C. The highest BCUT2D eigenvalue weighted by atomic mass is 32.2. The quantitative estimate of drug-likeness (QED) is 0.126. The summed E-state index contributed by atoms with van der Waals surface area (Å²) in [6, 6.07) is 0.357. The van der Waals surface area contributed by atoms with Crippen LogP contribution in [0.2, 0.25) is 0 Å². The van der Waals surface area contributed by atoms with E-state index in [0.717, 1.165) is 5.75 Å². The predicted molar refractivity (Wildman–Crippen MR) is 179 cm³/mol. The van der Waals surface area contributed by atoms with Crippen molar-refractivity contribution in [2.75, 3.05) is 58.6 Å². The van der Waals surface area contributed by atoms with Crippen LogP contribution in [-0.2, 0) is 38.1 Å². The highest BCUT2D eigenvalue weighted by molar-refractivity contribution is 7.99. The fraction of sp³-hybridized carbons (Fsp3) is 0.879. The molecule has 0 aliphatic heterocycles. The maximum Gasteiger partial charge on any atom is 0.222 e. The molecule has 0 fully saturated rings. The number of Topliss-reactive ketones (excluding diaryl/α,β-unsaturated/α-hetero) is 2. The molecule has 0 aromatic rings. The first-order valence-corrected chi connectivity index (χ1v) is 17.3. The van der Waals surface area contributed by atoms with Crippen LogP contribution in [0.1, 0.15) is 94.9 Å². The molecule has 2 N–H and O–H groups in total. The van der Waals surface area contributed by atoms with Crippen LogP contribution in [0.15, 0.2) is 0 Å². The largest absolute Gasteiger partial charge is 0.379 e. The van der Waals surface area contributed by atoms with Gasteiger partial charge in [0.05, 0.1) is 52.9 Å². The van der Waals surface area contributed by atoms with Gasteiger partial charge in [-0.25, -0.2) is 0 Å². The molecule has 0 heterocycles. The second-order valence-corrected chi connectivity index (χ2v) is 13.8. The average Bonchev–Trinajstić information content (AvgIpc) is 2.93. The summed E-state index contributed by atoms with van der Waals surface area (Å²) < 4.78 is 21.3. The molecule has 260 valence electrons. The van der Waals surface area contributed by atoms with Gasteiger partial charge >= 0.3 is 0 Å². The smallest absolute Gasteiger partial charge is 0.222 e. The van der Waals surface area contributed by atoms with Crippen molar-refractivity contribution in [1.29, 1.82) is 0 Å². The van der Waals surface area contributed by atoms with E-state index < -0.39 is 0 Å². The monoisotopic (exact) mass is 648 g/mol. The average molecular weight is 649 g/mol. The molecule has 0 radical (unpaired) electrons. The van der Waals surface area contributed by atoms with Crippen molar-refractivity contribution in [1.82, 2.24) is 10.6 Å². The number of amides is 2. The number of thioether (sulfide) groups is 1.